The van der Waals surface area contributed by atoms with E-state index in [0.29, 0.717) is 12.2 Å². The molecule has 2 aromatic rings. The molecule has 3 N–H and O–H groups in total. The highest BCUT2D eigenvalue weighted by atomic mass is 16.5. The molecule has 0 saturated heterocycles. The Balaban J connectivity index is 2.22. The molecule has 1 heterocycles. The summed E-state index contributed by atoms with van der Waals surface area (Å²) in [6, 6.07) is 7.44. The lowest BCUT2D eigenvalue weighted by molar-refractivity contribution is 0.309. The van der Waals surface area contributed by atoms with E-state index in [0.717, 1.165) is 24.2 Å². The standard InChI is InChI=1S/C14H17NO3/c1-2-3-7-17-11-6-4-5-10(8-11)13-12(16)9-18-14(13)15/h4-6,8-9,16H,2-3,7,15H2,1H3. The van der Waals surface area contributed by atoms with E-state index in [4.69, 9.17) is 14.9 Å². The van der Waals surface area contributed by atoms with Crippen molar-refractivity contribution < 1.29 is 14.3 Å². The first kappa shape index (κ1) is 12.4. The quantitative estimate of drug-likeness (QED) is 0.794. The molecule has 0 amide bonds. The highest BCUT2D eigenvalue weighted by Crippen LogP contribution is 2.37. The second kappa shape index (κ2) is 5.49. The fourth-order valence-corrected chi connectivity index (χ4v) is 1.73. The SMILES string of the molecule is CCCCOc1cccc(-c2c(O)coc2N)c1. The van der Waals surface area contributed by atoms with Crippen molar-refractivity contribution in [3.05, 3.63) is 30.5 Å². The third-order valence-corrected chi connectivity index (χ3v) is 2.69. The molecular weight excluding hydrogens is 230 g/mol. The number of ether oxygens (including phenoxy) is 1. The summed E-state index contributed by atoms with van der Waals surface area (Å²) in [4.78, 5) is 0. The van der Waals surface area contributed by atoms with Crippen molar-refractivity contribution >= 4 is 5.88 Å². The van der Waals surface area contributed by atoms with Gasteiger partial charge in [-0.15, -0.1) is 0 Å². The minimum Gasteiger partial charge on any atom is -0.504 e. The highest BCUT2D eigenvalue weighted by molar-refractivity contribution is 5.79. The van der Waals surface area contributed by atoms with Gasteiger partial charge in [-0.05, 0) is 24.1 Å². The van der Waals surface area contributed by atoms with E-state index in [1.54, 1.807) is 0 Å². The lowest BCUT2D eigenvalue weighted by atomic mass is 10.1. The second-order valence-electron chi connectivity index (χ2n) is 4.09. The average molecular weight is 247 g/mol. The molecule has 4 heteroatoms. The zero-order valence-corrected chi connectivity index (χ0v) is 10.3. The molecule has 4 nitrogen and oxygen atoms in total. The molecule has 0 aliphatic carbocycles. The molecule has 1 aromatic heterocycles. The summed E-state index contributed by atoms with van der Waals surface area (Å²) in [7, 11) is 0. The first-order chi connectivity index (χ1) is 8.72. The average Bonchev–Trinajstić information content (AvgIpc) is 2.70. The Morgan fingerprint density at radius 2 is 2.22 bits per heavy atom. The van der Waals surface area contributed by atoms with E-state index in [9.17, 15) is 5.11 Å². The minimum absolute atomic E-state index is 0.0400. The molecule has 0 aliphatic heterocycles. The van der Waals surface area contributed by atoms with Crippen molar-refractivity contribution in [3.63, 3.8) is 0 Å². The van der Waals surface area contributed by atoms with Crippen molar-refractivity contribution in [2.45, 2.75) is 19.8 Å². The summed E-state index contributed by atoms with van der Waals surface area (Å²) in [6.07, 6.45) is 3.34. The van der Waals surface area contributed by atoms with E-state index >= 15 is 0 Å². The van der Waals surface area contributed by atoms with E-state index in [2.05, 4.69) is 6.92 Å². The number of unbranched alkanes of at least 4 members (excludes halogenated alkanes) is 1. The van der Waals surface area contributed by atoms with Gasteiger partial charge in [0.2, 0.25) is 5.88 Å². The van der Waals surface area contributed by atoms with E-state index in [1.165, 1.54) is 6.26 Å². The predicted octanol–water partition coefficient (Wildman–Crippen LogP) is 3.41. The molecule has 0 saturated carbocycles. The van der Waals surface area contributed by atoms with Gasteiger partial charge in [0, 0.05) is 0 Å². The molecule has 18 heavy (non-hydrogen) atoms. The van der Waals surface area contributed by atoms with Crippen molar-refractivity contribution in [1.29, 1.82) is 0 Å². The zero-order valence-electron chi connectivity index (χ0n) is 10.3. The molecular formula is C14H17NO3. The van der Waals surface area contributed by atoms with Crippen LogP contribution in [0.25, 0.3) is 11.1 Å². The molecule has 0 atom stereocenters. The Kier molecular flexibility index (Phi) is 3.77. The van der Waals surface area contributed by atoms with Crippen LogP contribution in [0.5, 0.6) is 11.5 Å². The van der Waals surface area contributed by atoms with Crippen LogP contribution in [0.3, 0.4) is 0 Å². The van der Waals surface area contributed by atoms with Crippen molar-refractivity contribution in [1.82, 2.24) is 0 Å². The van der Waals surface area contributed by atoms with Crippen LogP contribution in [0.4, 0.5) is 5.88 Å². The Labute approximate surface area is 106 Å². The highest BCUT2D eigenvalue weighted by Gasteiger charge is 2.13. The summed E-state index contributed by atoms with van der Waals surface area (Å²) in [5, 5.41) is 9.68. The second-order valence-corrected chi connectivity index (χ2v) is 4.09. The summed E-state index contributed by atoms with van der Waals surface area (Å²) < 4.78 is 10.6. The Morgan fingerprint density at radius 1 is 1.39 bits per heavy atom. The Hall–Kier alpha value is -2.10. The van der Waals surface area contributed by atoms with Crippen LogP contribution in [-0.4, -0.2) is 11.7 Å². The van der Waals surface area contributed by atoms with Crippen molar-refractivity contribution in [3.8, 4) is 22.6 Å². The zero-order chi connectivity index (χ0) is 13.0. The smallest absolute Gasteiger partial charge is 0.201 e. The van der Waals surface area contributed by atoms with Gasteiger partial charge in [-0.2, -0.15) is 0 Å². The fourth-order valence-electron chi connectivity index (χ4n) is 1.73. The van der Waals surface area contributed by atoms with Crippen LogP contribution < -0.4 is 10.5 Å². The van der Waals surface area contributed by atoms with E-state index in [-0.39, 0.29) is 11.6 Å². The Bertz CT molecular complexity index is 500. The van der Waals surface area contributed by atoms with Crippen molar-refractivity contribution in [2.24, 2.45) is 0 Å². The van der Waals surface area contributed by atoms with Crippen LogP contribution in [0.1, 0.15) is 19.8 Å². The maximum atomic E-state index is 9.68. The number of nitrogens with two attached hydrogens (primary N) is 1. The topological polar surface area (TPSA) is 68.6 Å². The predicted molar refractivity (Wildman–Crippen MR) is 70.6 cm³/mol. The fraction of sp³-hybridized carbons (Fsp3) is 0.286. The molecule has 2 rings (SSSR count). The molecule has 0 spiro atoms. The third-order valence-electron chi connectivity index (χ3n) is 2.69. The summed E-state index contributed by atoms with van der Waals surface area (Å²) >= 11 is 0. The van der Waals surface area contributed by atoms with Gasteiger partial charge in [0.05, 0.1) is 12.2 Å². The van der Waals surface area contributed by atoms with Gasteiger partial charge in [-0.1, -0.05) is 25.5 Å². The third kappa shape index (κ3) is 2.59. The van der Waals surface area contributed by atoms with Gasteiger partial charge in [0.15, 0.2) is 5.75 Å². The summed E-state index contributed by atoms with van der Waals surface area (Å²) in [6.45, 7) is 2.80. The normalized spacial score (nSPS) is 10.5. The molecule has 0 unspecified atom stereocenters. The van der Waals surface area contributed by atoms with Gasteiger partial charge in [0.25, 0.3) is 0 Å². The number of anilines is 1. The monoisotopic (exact) mass is 247 g/mol. The molecule has 0 radical (unpaired) electrons. The maximum Gasteiger partial charge on any atom is 0.201 e. The van der Waals surface area contributed by atoms with Gasteiger partial charge in [-0.25, -0.2) is 0 Å². The van der Waals surface area contributed by atoms with Crippen LogP contribution in [0.15, 0.2) is 34.9 Å². The van der Waals surface area contributed by atoms with Crippen LogP contribution in [-0.2, 0) is 0 Å². The maximum absolute atomic E-state index is 9.68. The number of rotatable bonds is 5. The molecule has 1 aromatic carbocycles. The number of hydrogen-bond donors (Lipinski definition) is 2. The number of hydrogen-bond acceptors (Lipinski definition) is 4. The lowest BCUT2D eigenvalue weighted by Gasteiger charge is -2.07. The van der Waals surface area contributed by atoms with Crippen LogP contribution in [0, 0.1) is 0 Å². The first-order valence-corrected chi connectivity index (χ1v) is 6.01. The lowest BCUT2D eigenvalue weighted by Crippen LogP contribution is -1.96. The molecule has 0 aliphatic rings. The van der Waals surface area contributed by atoms with Gasteiger partial charge >= 0.3 is 0 Å². The van der Waals surface area contributed by atoms with Gasteiger partial charge in [0.1, 0.15) is 12.0 Å². The molecule has 0 bridgehead atoms. The number of nitrogen functional groups attached to an aromatic ring is 1. The minimum atomic E-state index is 0.0400. The first-order valence-electron chi connectivity index (χ1n) is 6.01. The summed E-state index contributed by atoms with van der Waals surface area (Å²) in [5.74, 6) is 1.01. The Morgan fingerprint density at radius 3 is 2.89 bits per heavy atom. The number of benzene rings is 1. The largest absolute Gasteiger partial charge is 0.504 e. The molecule has 96 valence electrons. The van der Waals surface area contributed by atoms with Crippen molar-refractivity contribution in [2.75, 3.05) is 12.3 Å². The van der Waals surface area contributed by atoms with Crippen LogP contribution in [0.2, 0.25) is 0 Å². The van der Waals surface area contributed by atoms with Crippen LogP contribution >= 0.6 is 0 Å². The number of furan rings is 1. The van der Waals surface area contributed by atoms with E-state index < -0.39 is 0 Å². The van der Waals surface area contributed by atoms with E-state index in [1.807, 2.05) is 24.3 Å². The molecule has 0 fully saturated rings. The number of aromatic hydroxyl groups is 1. The van der Waals surface area contributed by atoms with Gasteiger partial charge in [-0.3, -0.25) is 0 Å². The van der Waals surface area contributed by atoms with Gasteiger partial charge < -0.3 is 20.0 Å². The summed E-state index contributed by atoms with van der Waals surface area (Å²) in [5.41, 5.74) is 6.97.